The maximum Gasteiger partial charge on any atom is 0.417 e. The Morgan fingerprint density at radius 2 is 1.74 bits per heavy atom. The fraction of sp³-hybridized carbons (Fsp3) is 0.414. The quantitative estimate of drug-likeness (QED) is 0.216. The van der Waals surface area contributed by atoms with E-state index in [4.69, 9.17) is 11.6 Å². The number of benzene rings is 2. The third-order valence-corrected chi connectivity index (χ3v) is 9.85. The molecule has 4 heterocycles. The van der Waals surface area contributed by atoms with E-state index in [1.54, 1.807) is 9.80 Å². The first-order valence-electron chi connectivity index (χ1n) is 13.8. The second-order valence-corrected chi connectivity index (χ2v) is 12.3. The topological polar surface area (TPSA) is 61.7 Å². The van der Waals surface area contributed by atoms with Gasteiger partial charge in [-0.05, 0) is 44.1 Å². The van der Waals surface area contributed by atoms with Crippen molar-refractivity contribution >= 4 is 46.0 Å². The van der Waals surface area contributed by atoms with Gasteiger partial charge in [0.25, 0.3) is 0 Å². The highest BCUT2D eigenvalue weighted by Gasteiger charge is 2.40. The van der Waals surface area contributed by atoms with Gasteiger partial charge in [0, 0.05) is 72.0 Å². The second-order valence-electron chi connectivity index (χ2n) is 10.8. The Balaban J connectivity index is 1.62. The largest absolute Gasteiger partial charge is 0.417 e. The number of rotatable bonds is 4. The zero-order chi connectivity index (χ0) is 30.6. The summed E-state index contributed by atoms with van der Waals surface area (Å²) in [5.74, 6) is -2.15. The highest BCUT2D eigenvalue weighted by molar-refractivity contribution is 7.99. The van der Waals surface area contributed by atoms with Gasteiger partial charge in [-0.15, -0.1) is 11.8 Å². The van der Waals surface area contributed by atoms with Crippen LogP contribution in [-0.4, -0.2) is 76.3 Å². The number of halogens is 6. The molecule has 1 atom stereocenters. The minimum atomic E-state index is -4.94. The summed E-state index contributed by atoms with van der Waals surface area (Å²) in [5, 5.41) is -0.428. The molecule has 0 N–H and O–H groups in total. The summed E-state index contributed by atoms with van der Waals surface area (Å²) in [6.45, 7) is 6.27. The number of aromatic nitrogens is 2. The lowest BCUT2D eigenvalue weighted by atomic mass is 9.95. The van der Waals surface area contributed by atoms with E-state index in [0.29, 0.717) is 11.8 Å². The van der Waals surface area contributed by atoms with E-state index in [0.717, 1.165) is 49.8 Å². The number of nitrogens with zero attached hydrogens (tertiary/aromatic N) is 5. The number of hydrogen-bond donors (Lipinski definition) is 0. The average Bonchev–Trinajstić information content (AvgIpc) is 3.44. The fourth-order valence-electron chi connectivity index (χ4n) is 6.19. The maximum absolute atomic E-state index is 15.3. The van der Waals surface area contributed by atoms with Crippen molar-refractivity contribution in [2.75, 3.05) is 49.9 Å². The molecule has 2 aromatic carbocycles. The lowest BCUT2D eigenvalue weighted by Gasteiger charge is -2.35. The van der Waals surface area contributed by atoms with Crippen molar-refractivity contribution in [1.82, 2.24) is 19.4 Å². The number of carbonyl (C=O) groups is 1. The Morgan fingerprint density at radius 3 is 2.40 bits per heavy atom. The van der Waals surface area contributed by atoms with E-state index in [1.807, 2.05) is 0 Å². The number of likely N-dealkylation sites (tertiary alicyclic amines) is 1. The van der Waals surface area contributed by atoms with Crippen LogP contribution in [0.15, 0.2) is 40.5 Å². The number of carbonyl (C=O) groups excluding carboxylic acids is 1. The van der Waals surface area contributed by atoms with Crippen LogP contribution in [0, 0.1) is 11.6 Å². The van der Waals surface area contributed by atoms with Gasteiger partial charge in [-0.1, -0.05) is 18.2 Å². The predicted octanol–water partition coefficient (Wildman–Crippen LogP) is 5.42. The number of alkyl halides is 3. The third kappa shape index (κ3) is 5.40. The molecule has 1 amide bonds. The Bertz CT molecular complexity index is 1680. The molecule has 2 saturated heterocycles. The minimum Gasteiger partial charge on any atom is -0.352 e. The van der Waals surface area contributed by atoms with Crippen LogP contribution in [0.25, 0.3) is 22.0 Å². The number of amides is 1. The van der Waals surface area contributed by atoms with Gasteiger partial charge in [0.1, 0.15) is 17.5 Å². The second kappa shape index (κ2) is 11.4. The predicted molar refractivity (Wildman–Crippen MR) is 156 cm³/mol. The molecular formula is C29H27ClF5N5O2S. The van der Waals surface area contributed by atoms with Gasteiger partial charge in [0.15, 0.2) is 0 Å². The highest BCUT2D eigenvalue weighted by Crippen LogP contribution is 2.49. The summed E-state index contributed by atoms with van der Waals surface area (Å²) >= 11 is 7.08. The molecule has 2 fully saturated rings. The minimum absolute atomic E-state index is 0.0642. The first kappa shape index (κ1) is 29.9. The van der Waals surface area contributed by atoms with Crippen LogP contribution in [0.4, 0.5) is 27.8 Å². The summed E-state index contributed by atoms with van der Waals surface area (Å²) in [5.41, 5.74) is -2.55. The van der Waals surface area contributed by atoms with Crippen LogP contribution in [-0.2, 0) is 17.5 Å². The zero-order valence-electron chi connectivity index (χ0n) is 22.9. The number of piperazine rings is 1. The van der Waals surface area contributed by atoms with Crippen LogP contribution in [0.3, 0.4) is 0 Å². The summed E-state index contributed by atoms with van der Waals surface area (Å²) in [6.07, 6.45) is -1.81. The Labute approximate surface area is 252 Å². The van der Waals surface area contributed by atoms with E-state index < -0.39 is 45.2 Å². The van der Waals surface area contributed by atoms with Crippen molar-refractivity contribution < 1.29 is 26.7 Å². The van der Waals surface area contributed by atoms with Crippen LogP contribution in [0.2, 0.25) is 5.02 Å². The molecular weight excluding hydrogens is 613 g/mol. The molecule has 3 aromatic rings. The summed E-state index contributed by atoms with van der Waals surface area (Å²) in [6, 6.07) is 2.06. The van der Waals surface area contributed by atoms with Gasteiger partial charge in [-0.2, -0.15) is 18.2 Å². The van der Waals surface area contributed by atoms with Crippen molar-refractivity contribution in [3.8, 4) is 11.1 Å². The Kier molecular flexibility index (Phi) is 7.93. The summed E-state index contributed by atoms with van der Waals surface area (Å²) < 4.78 is 75.4. The first-order chi connectivity index (χ1) is 20.5. The molecule has 6 rings (SSSR count). The van der Waals surface area contributed by atoms with Gasteiger partial charge >= 0.3 is 11.9 Å². The fourth-order valence-corrected chi connectivity index (χ4v) is 7.75. The highest BCUT2D eigenvalue weighted by atomic mass is 35.5. The molecule has 0 aliphatic carbocycles. The zero-order valence-corrected chi connectivity index (χ0v) is 24.5. The number of thioether (sulfide) groups is 1. The monoisotopic (exact) mass is 639 g/mol. The smallest absolute Gasteiger partial charge is 0.352 e. The lowest BCUT2D eigenvalue weighted by molar-refractivity contribution is -0.137. The molecule has 3 aliphatic heterocycles. The molecule has 3 aliphatic rings. The van der Waals surface area contributed by atoms with Gasteiger partial charge in [-0.25, -0.2) is 13.6 Å². The van der Waals surface area contributed by atoms with E-state index >= 15 is 4.39 Å². The van der Waals surface area contributed by atoms with Crippen LogP contribution in [0.5, 0.6) is 0 Å². The lowest BCUT2D eigenvalue weighted by Crippen LogP contribution is -2.49. The average molecular weight is 640 g/mol. The van der Waals surface area contributed by atoms with Crippen molar-refractivity contribution in [3.63, 3.8) is 0 Å². The van der Waals surface area contributed by atoms with E-state index in [9.17, 15) is 27.2 Å². The van der Waals surface area contributed by atoms with Crippen molar-refractivity contribution in [2.45, 2.75) is 36.5 Å². The van der Waals surface area contributed by atoms with Gasteiger partial charge in [-0.3, -0.25) is 14.3 Å². The molecule has 1 unspecified atom stereocenters. The molecule has 0 saturated carbocycles. The first-order valence-corrected chi connectivity index (χ1v) is 15.2. The van der Waals surface area contributed by atoms with E-state index in [1.165, 1.54) is 10.6 Å². The molecule has 228 valence electrons. The molecule has 0 radical (unpaired) electrons. The summed E-state index contributed by atoms with van der Waals surface area (Å²) in [4.78, 5) is 35.6. The number of hydrogen-bond acceptors (Lipinski definition) is 6. The van der Waals surface area contributed by atoms with Crippen LogP contribution < -0.4 is 10.6 Å². The standard InChI is InChI=1S/C29H27ClF5N5O2S/c1-2-23(41)38-7-9-39(10-8-38)27-18-11-19(29(33,34)35)24(17-12-20(30)22(32)13-21(17)31)26-25(18)40(28(42)36-27)14-16(15-43-26)37-5-3-4-6-37/h2,11-13,16H,1,3-10,14-15H2. The molecule has 43 heavy (non-hydrogen) atoms. The molecule has 1 aromatic heterocycles. The number of anilines is 1. The van der Waals surface area contributed by atoms with E-state index in [2.05, 4.69) is 16.5 Å². The summed E-state index contributed by atoms with van der Waals surface area (Å²) in [7, 11) is 0. The Morgan fingerprint density at radius 1 is 1.05 bits per heavy atom. The maximum atomic E-state index is 15.3. The van der Waals surface area contributed by atoms with Gasteiger partial charge < -0.3 is 9.80 Å². The molecule has 0 spiro atoms. The van der Waals surface area contributed by atoms with Crippen molar-refractivity contribution in [2.24, 2.45) is 0 Å². The van der Waals surface area contributed by atoms with Gasteiger partial charge in [0.05, 0.1) is 16.1 Å². The van der Waals surface area contributed by atoms with Crippen LogP contribution in [0.1, 0.15) is 18.4 Å². The van der Waals surface area contributed by atoms with Gasteiger partial charge in [0.2, 0.25) is 5.91 Å². The molecule has 7 nitrogen and oxygen atoms in total. The van der Waals surface area contributed by atoms with Crippen molar-refractivity contribution in [1.29, 1.82) is 0 Å². The molecule has 0 bridgehead atoms. The normalized spacial score (nSPS) is 19.6. The van der Waals surface area contributed by atoms with E-state index in [-0.39, 0.29) is 66.3 Å². The Hall–Kier alpha value is -3.16. The third-order valence-electron chi connectivity index (χ3n) is 8.32. The molecule has 14 heteroatoms. The SMILES string of the molecule is C=CC(=O)N1CCN(c2nc(=O)n3c4c(c(-c5cc(Cl)c(F)cc5F)c(C(F)(F)F)cc24)SCC(N2CCCC2)C3)CC1. The van der Waals surface area contributed by atoms with Crippen LogP contribution >= 0.6 is 23.4 Å². The van der Waals surface area contributed by atoms with Crippen molar-refractivity contribution in [3.05, 3.63) is 63.6 Å².